The van der Waals surface area contributed by atoms with Crippen molar-refractivity contribution < 1.29 is 64.8 Å². The van der Waals surface area contributed by atoms with Gasteiger partial charge in [-0.3, -0.25) is 14.4 Å². The van der Waals surface area contributed by atoms with Gasteiger partial charge in [-0.15, -0.1) is 0 Å². The van der Waals surface area contributed by atoms with Crippen molar-refractivity contribution in [2.45, 2.75) is 136 Å². The molecule has 0 atom stereocenters. The van der Waals surface area contributed by atoms with Crippen molar-refractivity contribution in [3.05, 3.63) is 47.5 Å². The van der Waals surface area contributed by atoms with E-state index >= 15 is 0 Å². The highest BCUT2D eigenvalue weighted by atomic mass is 16.4. The van der Waals surface area contributed by atoms with Crippen LogP contribution in [-0.2, 0) is 14.4 Å². The van der Waals surface area contributed by atoms with Crippen LogP contribution in [0.15, 0.2) is 36.4 Å². The van der Waals surface area contributed by atoms with E-state index in [0.29, 0.717) is 25.7 Å². The smallest absolute Gasteiger partial charge is 0.336 e. The van der Waals surface area contributed by atoms with Crippen molar-refractivity contribution in [1.82, 2.24) is 0 Å². The van der Waals surface area contributed by atoms with Gasteiger partial charge in [-0.25, -0.2) is 9.59 Å². The van der Waals surface area contributed by atoms with Crippen molar-refractivity contribution in [2.75, 3.05) is 19.8 Å². The molecule has 0 bridgehead atoms. The number of carboxylic acids is 5. The number of unbranched alkanes of at least 4 members (excludes halogenated alkanes) is 12. The van der Waals surface area contributed by atoms with Gasteiger partial charge in [-0.1, -0.05) is 89.5 Å². The quantitative estimate of drug-likeness (QED) is 0.0346. The van der Waals surface area contributed by atoms with Gasteiger partial charge in [0, 0.05) is 24.7 Å². The van der Waals surface area contributed by atoms with Gasteiger partial charge in [0.05, 0.1) is 30.9 Å². The maximum atomic E-state index is 10.5. The Bertz CT molecular complexity index is 1010. The lowest BCUT2D eigenvalue weighted by Gasteiger charge is -2.24. The van der Waals surface area contributed by atoms with Crippen molar-refractivity contribution in [1.29, 1.82) is 0 Å². The first-order chi connectivity index (χ1) is 24.3. The molecule has 51 heavy (non-hydrogen) atoms. The molecule has 13 heteroatoms. The van der Waals surface area contributed by atoms with Crippen LogP contribution in [0.1, 0.15) is 157 Å². The Morgan fingerprint density at radius 3 is 1.10 bits per heavy atom. The van der Waals surface area contributed by atoms with Crippen LogP contribution >= 0.6 is 0 Å². The van der Waals surface area contributed by atoms with Crippen molar-refractivity contribution in [3.63, 3.8) is 0 Å². The van der Waals surface area contributed by atoms with E-state index in [0.717, 1.165) is 12.8 Å². The molecule has 0 radical (unpaired) electrons. The first-order valence-corrected chi connectivity index (χ1v) is 18.0. The second kappa shape index (κ2) is 36.0. The summed E-state index contributed by atoms with van der Waals surface area (Å²) < 4.78 is 0. The molecule has 1 aromatic rings. The molecule has 1 aromatic carbocycles. The molecule has 0 fully saturated rings. The molecule has 1 rings (SSSR count). The Balaban J connectivity index is -0.000000639. The first-order valence-electron chi connectivity index (χ1n) is 18.0. The van der Waals surface area contributed by atoms with Gasteiger partial charge >= 0.3 is 29.8 Å². The molecular weight excluding hydrogens is 664 g/mol. The van der Waals surface area contributed by atoms with Gasteiger partial charge in [0.15, 0.2) is 0 Å². The fraction of sp³-hybridized carbons (Fsp3) is 0.658. The number of aliphatic carboxylic acids is 3. The number of carboxylic acid groups (broad SMARTS) is 5. The zero-order valence-electron chi connectivity index (χ0n) is 30.6. The Morgan fingerprint density at radius 1 is 0.510 bits per heavy atom. The third kappa shape index (κ3) is 34.4. The molecule has 8 N–H and O–H groups in total. The Morgan fingerprint density at radius 2 is 0.824 bits per heavy atom. The lowest BCUT2D eigenvalue weighted by atomic mass is 9.88. The molecule has 0 unspecified atom stereocenters. The summed E-state index contributed by atoms with van der Waals surface area (Å²) >= 11 is 0. The topological polar surface area (TPSA) is 247 Å². The largest absolute Gasteiger partial charge is 0.481 e. The van der Waals surface area contributed by atoms with Crippen LogP contribution in [0.2, 0.25) is 0 Å². The third-order valence-corrected chi connectivity index (χ3v) is 7.83. The summed E-state index contributed by atoms with van der Waals surface area (Å²) in [5.74, 6) is -4.86. The van der Waals surface area contributed by atoms with Crippen LogP contribution in [0, 0.1) is 5.41 Å². The zero-order valence-corrected chi connectivity index (χ0v) is 30.6. The van der Waals surface area contributed by atoms with Gasteiger partial charge in [0.1, 0.15) is 0 Å². The molecule has 294 valence electrons. The van der Waals surface area contributed by atoms with Crippen LogP contribution in [0.4, 0.5) is 0 Å². The van der Waals surface area contributed by atoms with E-state index in [1.807, 2.05) is 6.92 Å². The number of aromatic carboxylic acids is 2. The van der Waals surface area contributed by atoms with E-state index in [1.165, 1.54) is 94.9 Å². The minimum Gasteiger partial charge on any atom is -0.481 e. The van der Waals surface area contributed by atoms with Crippen molar-refractivity contribution >= 4 is 29.8 Å². The predicted octanol–water partition coefficient (Wildman–Crippen LogP) is 7.27. The van der Waals surface area contributed by atoms with Gasteiger partial charge < -0.3 is 40.9 Å². The van der Waals surface area contributed by atoms with Gasteiger partial charge in [-0.05, 0) is 63.5 Å². The normalized spacial score (nSPS) is 10.5. The number of allylic oxidation sites excluding steroid dienone is 2. The van der Waals surface area contributed by atoms with Crippen LogP contribution in [0.25, 0.3) is 0 Å². The summed E-state index contributed by atoms with van der Waals surface area (Å²) in [5, 5.41) is 67.8. The minimum atomic E-state index is -1.23. The van der Waals surface area contributed by atoms with Crippen molar-refractivity contribution in [2.24, 2.45) is 5.41 Å². The maximum Gasteiger partial charge on any atom is 0.336 e. The summed E-state index contributed by atoms with van der Waals surface area (Å²) in [6, 6.07) is 5.48. The van der Waals surface area contributed by atoms with Gasteiger partial charge in [-0.2, -0.15) is 0 Å². The fourth-order valence-electron chi connectivity index (χ4n) is 4.24. The highest BCUT2D eigenvalue weighted by Crippen LogP contribution is 2.18. The Hall–Kier alpha value is -3.81. The van der Waals surface area contributed by atoms with E-state index < -0.39 is 35.3 Å². The number of rotatable bonds is 26. The SMILES string of the molecule is CCC(CO)(CO)CO.CCCCCCCC/C=C\CCCCCCCC(=O)O.O=C(O)CCCCC(=O)O.O=C(O)c1ccccc1C(=O)O. The molecule has 0 amide bonds. The minimum absolute atomic E-state index is 0.0628. The number of aliphatic hydroxyl groups is 3. The molecule has 0 aliphatic heterocycles. The molecule has 0 saturated carbocycles. The van der Waals surface area contributed by atoms with E-state index in [1.54, 1.807) is 0 Å². The highest BCUT2D eigenvalue weighted by molar-refractivity contribution is 6.01. The molecule has 0 aliphatic carbocycles. The van der Waals surface area contributed by atoms with Crippen LogP contribution in [-0.4, -0.2) is 90.5 Å². The molecule has 0 aliphatic rings. The molecule has 0 aromatic heterocycles. The van der Waals surface area contributed by atoms with E-state index in [9.17, 15) is 24.0 Å². The lowest BCUT2D eigenvalue weighted by Crippen LogP contribution is -2.32. The second-order valence-electron chi connectivity index (χ2n) is 12.2. The van der Waals surface area contributed by atoms with Crippen LogP contribution in [0.3, 0.4) is 0 Å². The standard InChI is InChI=1S/C18H34O2.C8H6O4.C6H10O4.C6H14O3/c1-2-3-4-5-6-7-8-9-10-11-12-13-14-15-16-17-18(19)20;9-7(10)5-3-1-2-4-6(5)8(11)12;7-5(8)3-1-2-4-6(9)10;1-2-6(3-7,4-8)5-9/h9-10H,2-8,11-17H2,1H3,(H,19,20);1-4H,(H,9,10)(H,11,12);1-4H2,(H,7,8)(H,9,10);7-9H,2-5H2,1H3/b10-9-;;;. The summed E-state index contributed by atoms with van der Waals surface area (Å²) in [5.41, 5.74) is -1.05. The molecule has 0 saturated heterocycles. The van der Waals surface area contributed by atoms with Gasteiger partial charge in [0.25, 0.3) is 0 Å². The lowest BCUT2D eigenvalue weighted by molar-refractivity contribution is -0.139. The molecule has 13 nitrogen and oxygen atoms in total. The monoisotopic (exact) mass is 728 g/mol. The molecule has 0 heterocycles. The Labute approximate surface area is 303 Å². The summed E-state index contributed by atoms with van der Waals surface area (Å²) in [6.07, 6.45) is 22.9. The van der Waals surface area contributed by atoms with E-state index in [2.05, 4.69) is 19.1 Å². The number of carbonyl (C=O) groups is 5. The fourth-order valence-corrected chi connectivity index (χ4v) is 4.24. The molecule has 0 spiro atoms. The number of aliphatic hydroxyl groups excluding tert-OH is 3. The summed E-state index contributed by atoms with van der Waals surface area (Å²) in [4.78, 5) is 51.0. The van der Waals surface area contributed by atoms with Crippen molar-refractivity contribution in [3.8, 4) is 0 Å². The highest BCUT2D eigenvalue weighted by Gasteiger charge is 2.24. The predicted molar refractivity (Wildman–Crippen MR) is 195 cm³/mol. The second-order valence-corrected chi connectivity index (χ2v) is 12.2. The summed E-state index contributed by atoms with van der Waals surface area (Å²) in [7, 11) is 0. The average Bonchev–Trinajstić information content (AvgIpc) is 3.10. The third-order valence-electron chi connectivity index (χ3n) is 7.83. The maximum absolute atomic E-state index is 10.5. The number of hydrogen-bond acceptors (Lipinski definition) is 8. The van der Waals surface area contributed by atoms with Crippen LogP contribution < -0.4 is 0 Å². The Kier molecular flexibility index (Phi) is 36.4. The number of hydrogen-bond donors (Lipinski definition) is 8. The average molecular weight is 729 g/mol. The van der Waals surface area contributed by atoms with Gasteiger partial charge in [0.2, 0.25) is 0 Å². The summed E-state index contributed by atoms with van der Waals surface area (Å²) in [6.45, 7) is 3.61. The zero-order chi connectivity index (χ0) is 39.3. The van der Waals surface area contributed by atoms with Crippen LogP contribution in [0.5, 0.6) is 0 Å². The number of benzene rings is 1. The first kappa shape index (κ1) is 51.6. The van der Waals surface area contributed by atoms with E-state index in [-0.39, 0.29) is 43.8 Å². The molecular formula is C38H64O13. The van der Waals surface area contributed by atoms with E-state index in [4.69, 9.17) is 40.9 Å².